The minimum absolute atomic E-state index is 0.0856. The van der Waals surface area contributed by atoms with E-state index in [0.717, 1.165) is 29.1 Å². The van der Waals surface area contributed by atoms with Crippen LogP contribution >= 0.6 is 0 Å². The number of para-hydroxylation sites is 1. The minimum atomic E-state index is -0.728. The third kappa shape index (κ3) is 3.03. The van der Waals surface area contributed by atoms with Crippen molar-refractivity contribution in [2.24, 2.45) is 0 Å². The van der Waals surface area contributed by atoms with Gasteiger partial charge in [-0.15, -0.1) is 0 Å². The standard InChI is InChI=1S/C16H11FN2O4/c17-11-5-6-14(19(21)22)15(8-11)23-16(20)7-10-9-18-13-4-2-1-3-12(10)13/h1-6,8-9,18H,7H2. The Kier molecular flexibility index (Phi) is 3.76. The van der Waals surface area contributed by atoms with Crippen molar-refractivity contribution in [3.63, 3.8) is 0 Å². The van der Waals surface area contributed by atoms with Crippen molar-refractivity contribution in [1.82, 2.24) is 4.98 Å². The number of rotatable bonds is 4. The highest BCUT2D eigenvalue weighted by atomic mass is 19.1. The predicted octanol–water partition coefficient (Wildman–Crippen LogP) is 3.36. The van der Waals surface area contributed by atoms with Gasteiger partial charge in [-0.25, -0.2) is 4.39 Å². The first kappa shape index (κ1) is 14.7. The monoisotopic (exact) mass is 314 g/mol. The molecule has 0 atom stereocenters. The van der Waals surface area contributed by atoms with Crippen LogP contribution in [-0.2, 0) is 11.2 Å². The molecule has 1 N–H and O–H groups in total. The van der Waals surface area contributed by atoms with E-state index in [9.17, 15) is 19.3 Å². The molecule has 0 aliphatic heterocycles. The van der Waals surface area contributed by atoms with Gasteiger partial charge in [0, 0.05) is 29.2 Å². The van der Waals surface area contributed by atoms with E-state index in [4.69, 9.17) is 4.74 Å². The van der Waals surface area contributed by atoms with Crippen LogP contribution in [0.1, 0.15) is 5.56 Å². The molecule has 0 spiro atoms. The third-order valence-electron chi connectivity index (χ3n) is 3.35. The number of hydrogen-bond acceptors (Lipinski definition) is 4. The van der Waals surface area contributed by atoms with Gasteiger partial charge in [-0.3, -0.25) is 14.9 Å². The van der Waals surface area contributed by atoms with Gasteiger partial charge in [-0.2, -0.15) is 0 Å². The topological polar surface area (TPSA) is 85.2 Å². The maximum absolute atomic E-state index is 13.2. The van der Waals surface area contributed by atoms with Crippen molar-refractivity contribution in [3.8, 4) is 5.75 Å². The largest absolute Gasteiger partial charge is 0.419 e. The van der Waals surface area contributed by atoms with E-state index in [1.54, 1.807) is 6.20 Å². The number of nitrogens with one attached hydrogen (secondary N) is 1. The van der Waals surface area contributed by atoms with Crippen LogP contribution in [0.4, 0.5) is 10.1 Å². The van der Waals surface area contributed by atoms with Crippen LogP contribution < -0.4 is 4.74 Å². The molecule has 3 aromatic rings. The van der Waals surface area contributed by atoms with Crippen LogP contribution in [0.5, 0.6) is 5.75 Å². The third-order valence-corrected chi connectivity index (χ3v) is 3.35. The second-order valence-corrected chi connectivity index (χ2v) is 4.88. The zero-order valence-corrected chi connectivity index (χ0v) is 11.8. The Bertz CT molecular complexity index is 904. The van der Waals surface area contributed by atoms with E-state index in [1.165, 1.54) is 0 Å². The maximum Gasteiger partial charge on any atom is 0.315 e. The molecule has 0 aliphatic rings. The van der Waals surface area contributed by atoms with Gasteiger partial charge >= 0.3 is 11.7 Å². The lowest BCUT2D eigenvalue weighted by Crippen LogP contribution is -2.12. The Balaban J connectivity index is 1.83. The number of hydrogen-bond donors (Lipinski definition) is 1. The molecule has 0 fully saturated rings. The van der Waals surface area contributed by atoms with Crippen molar-refractivity contribution in [2.45, 2.75) is 6.42 Å². The number of nitro benzene ring substituents is 1. The first-order chi connectivity index (χ1) is 11.0. The second kappa shape index (κ2) is 5.88. The van der Waals surface area contributed by atoms with E-state index in [2.05, 4.69) is 4.98 Å². The van der Waals surface area contributed by atoms with Gasteiger partial charge in [0.1, 0.15) is 5.82 Å². The molecule has 0 radical (unpaired) electrons. The van der Waals surface area contributed by atoms with Crippen LogP contribution in [0, 0.1) is 15.9 Å². The predicted molar refractivity (Wildman–Crippen MR) is 80.7 cm³/mol. The quantitative estimate of drug-likeness (QED) is 0.346. The molecular formula is C16H11FN2O4. The van der Waals surface area contributed by atoms with E-state index in [-0.39, 0.29) is 6.42 Å². The van der Waals surface area contributed by atoms with Gasteiger partial charge < -0.3 is 9.72 Å². The molecule has 0 saturated heterocycles. The Morgan fingerprint density at radius 1 is 1.26 bits per heavy atom. The van der Waals surface area contributed by atoms with E-state index >= 15 is 0 Å². The lowest BCUT2D eigenvalue weighted by molar-refractivity contribution is -0.385. The lowest BCUT2D eigenvalue weighted by atomic mass is 10.1. The molecule has 0 aliphatic carbocycles. The molecule has 0 bridgehead atoms. The maximum atomic E-state index is 13.2. The highest BCUT2D eigenvalue weighted by Crippen LogP contribution is 2.28. The average molecular weight is 314 g/mol. The van der Waals surface area contributed by atoms with Crippen LogP contribution in [-0.4, -0.2) is 15.9 Å². The van der Waals surface area contributed by atoms with Crippen molar-refractivity contribution in [1.29, 1.82) is 0 Å². The van der Waals surface area contributed by atoms with Gasteiger partial charge in [0.25, 0.3) is 0 Å². The molecule has 3 rings (SSSR count). The summed E-state index contributed by atoms with van der Waals surface area (Å²) in [6.45, 7) is 0. The first-order valence-electron chi connectivity index (χ1n) is 6.74. The summed E-state index contributed by atoms with van der Waals surface area (Å²) in [5, 5.41) is 11.8. The summed E-state index contributed by atoms with van der Waals surface area (Å²) >= 11 is 0. The molecule has 1 heterocycles. The SMILES string of the molecule is O=C(Cc1c[nH]c2ccccc12)Oc1cc(F)ccc1[N+](=O)[O-]. The number of halogens is 1. The number of ether oxygens (including phenoxy) is 1. The lowest BCUT2D eigenvalue weighted by Gasteiger charge is -2.05. The minimum Gasteiger partial charge on any atom is -0.419 e. The molecule has 7 heteroatoms. The molecule has 2 aromatic carbocycles. The Morgan fingerprint density at radius 2 is 2.04 bits per heavy atom. The number of aromatic nitrogens is 1. The normalized spacial score (nSPS) is 10.7. The highest BCUT2D eigenvalue weighted by Gasteiger charge is 2.19. The van der Waals surface area contributed by atoms with E-state index in [1.807, 2.05) is 24.3 Å². The van der Waals surface area contributed by atoms with Gasteiger partial charge in [0.15, 0.2) is 0 Å². The molecule has 6 nitrogen and oxygen atoms in total. The fourth-order valence-electron chi connectivity index (χ4n) is 2.31. The summed E-state index contributed by atoms with van der Waals surface area (Å²) in [4.78, 5) is 25.2. The van der Waals surface area contributed by atoms with Gasteiger partial charge in [0.2, 0.25) is 5.75 Å². The summed E-state index contributed by atoms with van der Waals surface area (Å²) in [5.41, 5.74) is 1.11. The second-order valence-electron chi connectivity index (χ2n) is 4.88. The molecule has 1 aromatic heterocycles. The fourth-order valence-corrected chi connectivity index (χ4v) is 2.31. The Labute approximate surface area is 129 Å². The zero-order valence-electron chi connectivity index (χ0n) is 11.8. The number of fused-ring (bicyclic) bond motifs is 1. The molecule has 0 amide bonds. The highest BCUT2D eigenvalue weighted by molar-refractivity contribution is 5.88. The summed E-state index contributed by atoms with van der Waals surface area (Å²) in [5.74, 6) is -1.83. The van der Waals surface area contributed by atoms with Crippen molar-refractivity contribution < 1.29 is 18.8 Å². The van der Waals surface area contributed by atoms with Gasteiger partial charge in [0.05, 0.1) is 11.3 Å². The van der Waals surface area contributed by atoms with E-state index < -0.39 is 28.1 Å². The molecule has 0 saturated carbocycles. The van der Waals surface area contributed by atoms with Crippen LogP contribution in [0.2, 0.25) is 0 Å². The number of aromatic amines is 1. The average Bonchev–Trinajstić information content (AvgIpc) is 2.90. The first-order valence-corrected chi connectivity index (χ1v) is 6.74. The number of nitro groups is 1. The molecular weight excluding hydrogens is 303 g/mol. The van der Waals surface area contributed by atoms with Crippen molar-refractivity contribution in [3.05, 3.63) is 70.2 Å². The number of benzene rings is 2. The summed E-state index contributed by atoms with van der Waals surface area (Å²) < 4.78 is 18.2. The summed E-state index contributed by atoms with van der Waals surface area (Å²) in [6.07, 6.45) is 1.59. The number of carbonyl (C=O) groups is 1. The van der Waals surface area contributed by atoms with Gasteiger partial charge in [-0.1, -0.05) is 18.2 Å². The summed E-state index contributed by atoms with van der Waals surface area (Å²) in [6, 6.07) is 10.1. The Hall–Kier alpha value is -3.22. The zero-order chi connectivity index (χ0) is 16.4. The van der Waals surface area contributed by atoms with E-state index in [0.29, 0.717) is 5.56 Å². The van der Waals surface area contributed by atoms with Crippen molar-refractivity contribution in [2.75, 3.05) is 0 Å². The van der Waals surface area contributed by atoms with Crippen LogP contribution in [0.25, 0.3) is 10.9 Å². The molecule has 23 heavy (non-hydrogen) atoms. The smallest absolute Gasteiger partial charge is 0.315 e. The van der Waals surface area contributed by atoms with Gasteiger partial charge in [-0.05, 0) is 17.7 Å². The molecule has 116 valence electrons. The van der Waals surface area contributed by atoms with Crippen LogP contribution in [0.15, 0.2) is 48.7 Å². The molecule has 0 unspecified atom stereocenters. The Morgan fingerprint density at radius 3 is 2.83 bits per heavy atom. The number of nitrogens with zero attached hydrogens (tertiary/aromatic N) is 1. The number of esters is 1. The fraction of sp³-hybridized carbons (Fsp3) is 0.0625. The number of H-pyrrole nitrogens is 1. The van der Waals surface area contributed by atoms with Crippen molar-refractivity contribution >= 4 is 22.6 Å². The summed E-state index contributed by atoms with van der Waals surface area (Å²) in [7, 11) is 0. The van der Waals surface area contributed by atoms with Crippen LogP contribution in [0.3, 0.4) is 0 Å². The number of carbonyl (C=O) groups excluding carboxylic acids is 1.